The van der Waals surface area contributed by atoms with Crippen molar-refractivity contribution in [2.45, 2.75) is 33.6 Å². The summed E-state index contributed by atoms with van der Waals surface area (Å²) in [5, 5.41) is 8.87. The third-order valence-electron chi connectivity index (χ3n) is 2.24. The Bertz CT molecular complexity index is 271. The molecule has 1 N–H and O–H groups in total. The van der Waals surface area contributed by atoms with Gasteiger partial charge in [-0.15, -0.1) is 0 Å². The molecule has 1 atom stereocenters. The summed E-state index contributed by atoms with van der Waals surface area (Å²) in [6.07, 6.45) is 0.0507. The van der Waals surface area contributed by atoms with E-state index in [0.29, 0.717) is 6.42 Å². The van der Waals surface area contributed by atoms with Crippen molar-refractivity contribution >= 4 is 17.7 Å². The molecule has 0 fully saturated rings. The highest BCUT2D eigenvalue weighted by atomic mass is 16.5. The monoisotopic (exact) mass is 216 g/mol. The number of esters is 1. The van der Waals surface area contributed by atoms with E-state index in [4.69, 9.17) is 9.84 Å². The summed E-state index contributed by atoms with van der Waals surface area (Å²) in [6.45, 7) is 4.27. The number of carboxylic acids is 1. The molecule has 86 valence electrons. The number of hydrogen-bond acceptors (Lipinski definition) is 4. The van der Waals surface area contributed by atoms with Gasteiger partial charge in [-0.2, -0.15) is 0 Å². The van der Waals surface area contributed by atoms with Crippen molar-refractivity contribution in [3.05, 3.63) is 0 Å². The van der Waals surface area contributed by atoms with E-state index in [9.17, 15) is 14.4 Å². The smallest absolute Gasteiger partial charge is 0.313 e. The van der Waals surface area contributed by atoms with Gasteiger partial charge in [-0.1, -0.05) is 6.92 Å². The fourth-order valence-electron chi connectivity index (χ4n) is 0.809. The molecule has 0 aromatic rings. The third kappa shape index (κ3) is 4.58. The van der Waals surface area contributed by atoms with Gasteiger partial charge in [0.1, 0.15) is 18.8 Å². The highest BCUT2D eigenvalue weighted by Crippen LogP contribution is 2.21. The van der Waals surface area contributed by atoms with Gasteiger partial charge < -0.3 is 9.84 Å². The van der Waals surface area contributed by atoms with Gasteiger partial charge in [0, 0.05) is 0 Å². The molecule has 0 saturated carbocycles. The number of carboxylic acid groups (broad SMARTS) is 1. The molecule has 0 aliphatic carbocycles. The number of hydrogen-bond donors (Lipinski definition) is 1. The van der Waals surface area contributed by atoms with E-state index in [0.717, 1.165) is 0 Å². The molecule has 0 heterocycles. The van der Waals surface area contributed by atoms with Crippen LogP contribution in [-0.2, 0) is 19.1 Å². The molecular formula is C10H16O5. The highest BCUT2D eigenvalue weighted by molar-refractivity contribution is 5.94. The first-order chi connectivity index (χ1) is 6.81. The molecule has 0 amide bonds. The van der Waals surface area contributed by atoms with Crippen molar-refractivity contribution in [2.75, 3.05) is 6.61 Å². The van der Waals surface area contributed by atoms with Gasteiger partial charge >= 0.3 is 11.9 Å². The van der Waals surface area contributed by atoms with Crippen LogP contribution in [0.2, 0.25) is 0 Å². The lowest BCUT2D eigenvalue weighted by atomic mass is 9.89. The Morgan fingerprint density at radius 1 is 1.33 bits per heavy atom. The van der Waals surface area contributed by atoms with Crippen LogP contribution in [0.5, 0.6) is 0 Å². The molecule has 0 bridgehead atoms. The van der Waals surface area contributed by atoms with Crippen molar-refractivity contribution in [1.82, 2.24) is 0 Å². The topological polar surface area (TPSA) is 80.7 Å². The van der Waals surface area contributed by atoms with Gasteiger partial charge in [0.05, 0.1) is 5.41 Å². The van der Waals surface area contributed by atoms with Gasteiger partial charge in [0.15, 0.2) is 0 Å². The number of rotatable bonds is 6. The van der Waals surface area contributed by atoms with Gasteiger partial charge in [-0.05, 0) is 20.3 Å². The average molecular weight is 216 g/mol. The molecule has 0 saturated heterocycles. The first kappa shape index (κ1) is 13.6. The summed E-state index contributed by atoms with van der Waals surface area (Å²) in [6, 6.07) is 0. The van der Waals surface area contributed by atoms with Gasteiger partial charge in [-0.25, -0.2) is 0 Å². The molecule has 0 rings (SSSR count). The lowest BCUT2D eigenvalue weighted by Gasteiger charge is -2.22. The zero-order valence-electron chi connectivity index (χ0n) is 9.20. The van der Waals surface area contributed by atoms with Crippen LogP contribution in [0.15, 0.2) is 0 Å². The van der Waals surface area contributed by atoms with Crippen molar-refractivity contribution in [1.29, 1.82) is 0 Å². The molecule has 0 aromatic carbocycles. The molecule has 15 heavy (non-hydrogen) atoms. The van der Waals surface area contributed by atoms with E-state index in [1.165, 1.54) is 13.8 Å². The molecule has 0 radical (unpaired) electrons. The lowest BCUT2D eigenvalue weighted by Crippen LogP contribution is -2.33. The maximum Gasteiger partial charge on any atom is 0.313 e. The summed E-state index contributed by atoms with van der Waals surface area (Å²) < 4.78 is 4.73. The molecular weight excluding hydrogens is 200 g/mol. The minimum Gasteiger partial charge on any atom is -0.481 e. The van der Waals surface area contributed by atoms with E-state index in [-0.39, 0.29) is 18.8 Å². The Balaban J connectivity index is 4.18. The standard InChI is InChI=1S/C10H16O5/c1-4-10(3,9(13)14)6-15-8(12)5-7(2)11/h4-6H2,1-3H3,(H,13,14). The third-order valence-corrected chi connectivity index (χ3v) is 2.24. The summed E-state index contributed by atoms with van der Waals surface area (Å²) in [5.41, 5.74) is -1.08. The number of carbonyl (C=O) groups is 3. The molecule has 5 heteroatoms. The van der Waals surface area contributed by atoms with Crippen LogP contribution in [0, 0.1) is 5.41 Å². The van der Waals surface area contributed by atoms with E-state index in [1.54, 1.807) is 6.92 Å². The van der Waals surface area contributed by atoms with Gasteiger partial charge in [0.2, 0.25) is 0 Å². The Kier molecular flexibility index (Phi) is 4.97. The fourth-order valence-corrected chi connectivity index (χ4v) is 0.809. The van der Waals surface area contributed by atoms with Crippen LogP contribution in [0.25, 0.3) is 0 Å². The summed E-state index contributed by atoms with van der Waals surface area (Å²) in [7, 11) is 0. The highest BCUT2D eigenvalue weighted by Gasteiger charge is 2.32. The molecule has 0 aliphatic rings. The van der Waals surface area contributed by atoms with Crippen LogP contribution in [-0.4, -0.2) is 29.4 Å². The lowest BCUT2D eigenvalue weighted by molar-refractivity contribution is -0.158. The average Bonchev–Trinajstić information content (AvgIpc) is 2.12. The second-order valence-corrected chi connectivity index (χ2v) is 3.76. The van der Waals surface area contributed by atoms with Gasteiger partial charge in [-0.3, -0.25) is 14.4 Å². The number of ether oxygens (including phenoxy) is 1. The number of carbonyl (C=O) groups excluding carboxylic acids is 2. The first-order valence-electron chi connectivity index (χ1n) is 4.70. The minimum atomic E-state index is -1.08. The van der Waals surface area contributed by atoms with Crippen molar-refractivity contribution in [2.24, 2.45) is 5.41 Å². The van der Waals surface area contributed by atoms with Crippen molar-refractivity contribution < 1.29 is 24.2 Å². The normalized spacial score (nSPS) is 14.1. The van der Waals surface area contributed by atoms with Crippen LogP contribution < -0.4 is 0 Å². The molecule has 0 aromatic heterocycles. The Labute approximate surface area is 88.4 Å². The van der Waals surface area contributed by atoms with Crippen molar-refractivity contribution in [3.63, 3.8) is 0 Å². The molecule has 1 unspecified atom stereocenters. The van der Waals surface area contributed by atoms with E-state index < -0.39 is 17.4 Å². The predicted octanol–water partition coefficient (Wildman–Crippen LogP) is 1.01. The zero-order valence-corrected chi connectivity index (χ0v) is 9.20. The van der Waals surface area contributed by atoms with Gasteiger partial charge in [0.25, 0.3) is 0 Å². The Hall–Kier alpha value is -1.39. The molecule has 0 spiro atoms. The fraction of sp³-hybridized carbons (Fsp3) is 0.700. The van der Waals surface area contributed by atoms with Crippen LogP contribution in [0.1, 0.15) is 33.6 Å². The Morgan fingerprint density at radius 2 is 1.87 bits per heavy atom. The second-order valence-electron chi connectivity index (χ2n) is 3.76. The Morgan fingerprint density at radius 3 is 2.20 bits per heavy atom. The van der Waals surface area contributed by atoms with E-state index >= 15 is 0 Å². The van der Waals surface area contributed by atoms with E-state index in [2.05, 4.69) is 0 Å². The SMILES string of the molecule is CCC(C)(COC(=O)CC(C)=O)C(=O)O. The summed E-state index contributed by atoms with van der Waals surface area (Å²) >= 11 is 0. The second kappa shape index (κ2) is 5.48. The quantitative estimate of drug-likeness (QED) is 0.529. The number of Topliss-reactive ketones (excluding diaryl/α,β-unsaturated/α-hetero) is 1. The van der Waals surface area contributed by atoms with Crippen molar-refractivity contribution in [3.8, 4) is 0 Å². The predicted molar refractivity (Wildman–Crippen MR) is 52.3 cm³/mol. The summed E-state index contributed by atoms with van der Waals surface area (Å²) in [4.78, 5) is 32.4. The molecule has 5 nitrogen and oxygen atoms in total. The zero-order chi connectivity index (χ0) is 12.1. The van der Waals surface area contributed by atoms with Crippen LogP contribution >= 0.6 is 0 Å². The number of aliphatic carboxylic acids is 1. The van der Waals surface area contributed by atoms with Crippen LogP contribution in [0.4, 0.5) is 0 Å². The number of ketones is 1. The summed E-state index contributed by atoms with van der Waals surface area (Å²) in [5.74, 6) is -1.99. The van der Waals surface area contributed by atoms with E-state index in [1.807, 2.05) is 0 Å². The minimum absolute atomic E-state index is 0.203. The largest absolute Gasteiger partial charge is 0.481 e. The maximum absolute atomic E-state index is 11.0. The first-order valence-corrected chi connectivity index (χ1v) is 4.70. The maximum atomic E-state index is 11.0. The molecule has 0 aliphatic heterocycles. The van der Waals surface area contributed by atoms with Crippen LogP contribution in [0.3, 0.4) is 0 Å².